The average molecular weight is 263 g/mol. The third-order valence-electron chi connectivity index (χ3n) is 1.97. The molecule has 1 aromatic rings. The minimum atomic E-state index is -0.348. The Hall–Kier alpha value is -1.11. The predicted octanol–water partition coefficient (Wildman–Crippen LogP) is 0.805. The highest BCUT2D eigenvalue weighted by Gasteiger charge is 2.16. The molecule has 0 fully saturated rings. The first-order chi connectivity index (χ1) is 8.21. The monoisotopic (exact) mass is 262 g/mol. The number of aromatic nitrogens is 1. The Bertz CT molecular complexity index is 356. The molecule has 0 spiro atoms. The van der Waals surface area contributed by atoms with E-state index in [1.165, 1.54) is 13.2 Å². The van der Waals surface area contributed by atoms with Crippen LogP contribution in [0, 0.1) is 0 Å². The van der Waals surface area contributed by atoms with Gasteiger partial charge in [-0.3, -0.25) is 4.79 Å². The van der Waals surface area contributed by atoms with Crippen LogP contribution in [0.2, 0.25) is 0 Å². The SMILES string of the molecule is COCc1cc(C(=O)NC(CCl)COC)no1. The zero-order valence-corrected chi connectivity index (χ0v) is 10.5. The molecule has 6 nitrogen and oxygen atoms in total. The van der Waals surface area contributed by atoms with Crippen molar-refractivity contribution in [1.82, 2.24) is 10.5 Å². The highest BCUT2D eigenvalue weighted by molar-refractivity contribution is 6.18. The van der Waals surface area contributed by atoms with Gasteiger partial charge < -0.3 is 19.3 Å². The number of methoxy groups -OCH3 is 2. The van der Waals surface area contributed by atoms with Crippen LogP contribution in [0.5, 0.6) is 0 Å². The molecule has 96 valence electrons. The zero-order valence-electron chi connectivity index (χ0n) is 9.73. The highest BCUT2D eigenvalue weighted by Crippen LogP contribution is 2.05. The number of nitrogens with zero attached hydrogens (tertiary/aromatic N) is 1. The second kappa shape index (κ2) is 7.26. The predicted molar refractivity (Wildman–Crippen MR) is 61.1 cm³/mol. The number of carbonyl (C=O) groups is 1. The van der Waals surface area contributed by atoms with Gasteiger partial charge in [-0.15, -0.1) is 11.6 Å². The topological polar surface area (TPSA) is 73.6 Å². The van der Waals surface area contributed by atoms with Crippen LogP contribution in [-0.2, 0) is 16.1 Å². The van der Waals surface area contributed by atoms with Crippen molar-refractivity contribution in [3.05, 3.63) is 17.5 Å². The summed E-state index contributed by atoms with van der Waals surface area (Å²) in [6.45, 7) is 0.620. The van der Waals surface area contributed by atoms with Crippen molar-refractivity contribution in [2.75, 3.05) is 26.7 Å². The third-order valence-corrected chi connectivity index (χ3v) is 2.34. The van der Waals surface area contributed by atoms with Crippen LogP contribution in [0.1, 0.15) is 16.2 Å². The number of ether oxygens (including phenoxy) is 2. The summed E-state index contributed by atoms with van der Waals surface area (Å²) in [6.07, 6.45) is 0. The molecule has 0 aliphatic carbocycles. The number of amides is 1. The summed E-state index contributed by atoms with van der Waals surface area (Å²) in [7, 11) is 3.07. The molecule has 1 amide bonds. The Balaban J connectivity index is 2.55. The Morgan fingerprint density at radius 1 is 1.59 bits per heavy atom. The molecule has 0 radical (unpaired) electrons. The lowest BCUT2D eigenvalue weighted by molar-refractivity contribution is 0.0897. The van der Waals surface area contributed by atoms with Gasteiger partial charge in [0.1, 0.15) is 6.61 Å². The van der Waals surface area contributed by atoms with Crippen molar-refractivity contribution in [2.45, 2.75) is 12.6 Å². The molecule has 1 N–H and O–H groups in total. The van der Waals surface area contributed by atoms with Gasteiger partial charge in [0.05, 0.1) is 12.6 Å². The first-order valence-electron chi connectivity index (χ1n) is 5.01. The van der Waals surface area contributed by atoms with Crippen LogP contribution in [0.4, 0.5) is 0 Å². The summed E-state index contributed by atoms with van der Waals surface area (Å²) in [5.41, 5.74) is 0.197. The lowest BCUT2D eigenvalue weighted by atomic mass is 10.3. The number of carbonyl (C=O) groups excluding carboxylic acids is 1. The van der Waals surface area contributed by atoms with Gasteiger partial charge in [-0.2, -0.15) is 0 Å². The van der Waals surface area contributed by atoms with E-state index in [0.29, 0.717) is 12.4 Å². The summed E-state index contributed by atoms with van der Waals surface area (Å²) < 4.78 is 14.7. The maximum absolute atomic E-state index is 11.7. The zero-order chi connectivity index (χ0) is 12.7. The smallest absolute Gasteiger partial charge is 0.273 e. The fourth-order valence-corrected chi connectivity index (χ4v) is 1.38. The van der Waals surface area contributed by atoms with E-state index in [9.17, 15) is 4.79 Å². The van der Waals surface area contributed by atoms with Gasteiger partial charge in [0.25, 0.3) is 5.91 Å². The maximum atomic E-state index is 11.7. The van der Waals surface area contributed by atoms with Gasteiger partial charge in [-0.1, -0.05) is 5.16 Å². The van der Waals surface area contributed by atoms with E-state index in [-0.39, 0.29) is 30.1 Å². The molecule has 0 aromatic carbocycles. The van der Waals surface area contributed by atoms with Crippen LogP contribution in [-0.4, -0.2) is 43.8 Å². The fraction of sp³-hybridized carbons (Fsp3) is 0.600. The molecule has 1 rings (SSSR count). The largest absolute Gasteiger partial charge is 0.383 e. The second-order valence-corrected chi connectivity index (χ2v) is 3.70. The van der Waals surface area contributed by atoms with Crippen LogP contribution < -0.4 is 5.32 Å². The van der Waals surface area contributed by atoms with Crippen LogP contribution in [0.15, 0.2) is 10.6 Å². The van der Waals surface area contributed by atoms with E-state index in [1.807, 2.05) is 0 Å². The fourth-order valence-electron chi connectivity index (χ4n) is 1.22. The summed E-state index contributed by atoms with van der Waals surface area (Å²) in [6, 6.07) is 1.27. The van der Waals surface area contributed by atoms with Crippen molar-refractivity contribution < 1.29 is 18.8 Å². The summed E-state index contributed by atoms with van der Waals surface area (Å²) in [4.78, 5) is 11.7. The van der Waals surface area contributed by atoms with Crippen molar-refractivity contribution in [3.63, 3.8) is 0 Å². The number of alkyl halides is 1. The number of nitrogens with one attached hydrogen (secondary N) is 1. The first kappa shape index (κ1) is 14.0. The van der Waals surface area contributed by atoms with Crippen molar-refractivity contribution in [2.24, 2.45) is 0 Å². The van der Waals surface area contributed by atoms with E-state index in [2.05, 4.69) is 10.5 Å². The lowest BCUT2D eigenvalue weighted by Crippen LogP contribution is -2.39. The number of hydrogen-bond donors (Lipinski definition) is 1. The molecule has 7 heteroatoms. The molecule has 0 saturated carbocycles. The number of rotatable bonds is 7. The Morgan fingerprint density at radius 3 is 2.94 bits per heavy atom. The van der Waals surface area contributed by atoms with E-state index >= 15 is 0 Å². The summed E-state index contributed by atoms with van der Waals surface area (Å²) in [5, 5.41) is 6.31. The molecule has 1 atom stereocenters. The van der Waals surface area contributed by atoms with Gasteiger partial charge in [0, 0.05) is 26.2 Å². The Morgan fingerprint density at radius 2 is 2.35 bits per heavy atom. The molecule has 1 aromatic heterocycles. The Kier molecular flexibility index (Phi) is 5.96. The molecule has 1 unspecified atom stereocenters. The molecule has 1 heterocycles. The van der Waals surface area contributed by atoms with Crippen molar-refractivity contribution in [3.8, 4) is 0 Å². The van der Waals surface area contributed by atoms with Crippen LogP contribution >= 0.6 is 11.6 Å². The molecule has 0 aliphatic heterocycles. The molecule has 0 bridgehead atoms. The van der Waals surface area contributed by atoms with E-state index in [1.54, 1.807) is 7.11 Å². The number of hydrogen-bond acceptors (Lipinski definition) is 5. The number of halogens is 1. The minimum Gasteiger partial charge on any atom is -0.383 e. The van der Waals surface area contributed by atoms with Gasteiger partial charge in [-0.25, -0.2) is 0 Å². The highest BCUT2D eigenvalue weighted by atomic mass is 35.5. The van der Waals surface area contributed by atoms with Gasteiger partial charge in [0.15, 0.2) is 11.5 Å². The van der Waals surface area contributed by atoms with E-state index in [0.717, 1.165) is 0 Å². The normalized spacial score (nSPS) is 12.4. The van der Waals surface area contributed by atoms with Gasteiger partial charge in [-0.05, 0) is 0 Å². The first-order valence-corrected chi connectivity index (χ1v) is 5.55. The van der Waals surface area contributed by atoms with Crippen LogP contribution in [0.25, 0.3) is 0 Å². The standard InChI is InChI=1S/C10H15ClN2O4/c1-15-5-7(4-11)12-10(14)9-3-8(6-16-2)17-13-9/h3,7H,4-6H2,1-2H3,(H,12,14). The average Bonchev–Trinajstić information content (AvgIpc) is 2.77. The van der Waals surface area contributed by atoms with Gasteiger partial charge >= 0.3 is 0 Å². The Labute approximate surface area is 104 Å². The third kappa shape index (κ3) is 4.33. The summed E-state index contributed by atoms with van der Waals surface area (Å²) in [5.74, 6) is 0.410. The maximum Gasteiger partial charge on any atom is 0.273 e. The molecule has 0 aliphatic rings. The quantitative estimate of drug-likeness (QED) is 0.736. The molecular formula is C10H15ClN2O4. The van der Waals surface area contributed by atoms with E-state index in [4.69, 9.17) is 25.6 Å². The van der Waals surface area contributed by atoms with Gasteiger partial charge in [0.2, 0.25) is 0 Å². The van der Waals surface area contributed by atoms with E-state index < -0.39 is 0 Å². The van der Waals surface area contributed by atoms with Crippen molar-refractivity contribution >= 4 is 17.5 Å². The second-order valence-electron chi connectivity index (χ2n) is 3.39. The molecule has 17 heavy (non-hydrogen) atoms. The summed E-state index contributed by atoms with van der Waals surface area (Å²) >= 11 is 5.67. The lowest BCUT2D eigenvalue weighted by Gasteiger charge is -2.13. The van der Waals surface area contributed by atoms with Crippen molar-refractivity contribution in [1.29, 1.82) is 0 Å². The minimum absolute atomic E-state index is 0.197. The molecular weight excluding hydrogens is 248 g/mol. The molecule has 0 saturated heterocycles. The van der Waals surface area contributed by atoms with Crippen LogP contribution in [0.3, 0.4) is 0 Å².